The first-order valence-corrected chi connectivity index (χ1v) is 6.93. The molecule has 5 heteroatoms. The standard InChI is InChI=1S/C14H26N2O3/c1-13(2)10(14(13,3)4)9-16-12(19)15-8-6-5-7-11(17)18/h10H,5-9H2,1-4H3,(H,17,18)(H2,15,16,19). The Morgan fingerprint density at radius 2 is 1.63 bits per heavy atom. The van der Waals surface area contributed by atoms with Crippen molar-refractivity contribution in [2.75, 3.05) is 13.1 Å². The number of unbranched alkanes of at least 4 members (excludes halogenated alkanes) is 1. The van der Waals surface area contributed by atoms with E-state index in [1.54, 1.807) is 0 Å². The van der Waals surface area contributed by atoms with Gasteiger partial charge in [0.1, 0.15) is 0 Å². The number of carboxylic acids is 1. The number of carboxylic acid groups (broad SMARTS) is 1. The lowest BCUT2D eigenvalue weighted by atomic mass is 10.0. The molecule has 0 aromatic carbocycles. The lowest BCUT2D eigenvalue weighted by Gasteiger charge is -2.08. The smallest absolute Gasteiger partial charge is 0.314 e. The molecule has 19 heavy (non-hydrogen) atoms. The number of rotatable bonds is 7. The van der Waals surface area contributed by atoms with E-state index in [0.29, 0.717) is 31.8 Å². The van der Waals surface area contributed by atoms with Gasteiger partial charge in [-0.05, 0) is 29.6 Å². The van der Waals surface area contributed by atoms with Crippen LogP contribution in [-0.2, 0) is 4.79 Å². The SMILES string of the molecule is CC1(C)C(CNC(=O)NCCCCC(=O)O)C1(C)C. The number of urea groups is 1. The number of hydrogen-bond donors (Lipinski definition) is 3. The predicted molar refractivity (Wildman–Crippen MR) is 73.9 cm³/mol. The van der Waals surface area contributed by atoms with E-state index in [0.717, 1.165) is 0 Å². The van der Waals surface area contributed by atoms with Crippen molar-refractivity contribution in [3.63, 3.8) is 0 Å². The molecule has 0 saturated heterocycles. The van der Waals surface area contributed by atoms with Crippen LogP contribution in [0.5, 0.6) is 0 Å². The van der Waals surface area contributed by atoms with Crippen molar-refractivity contribution in [2.24, 2.45) is 16.7 Å². The maximum Gasteiger partial charge on any atom is 0.314 e. The van der Waals surface area contributed by atoms with Gasteiger partial charge in [-0.2, -0.15) is 0 Å². The Hall–Kier alpha value is -1.26. The van der Waals surface area contributed by atoms with Crippen LogP contribution >= 0.6 is 0 Å². The zero-order chi connectivity index (χ0) is 14.7. The van der Waals surface area contributed by atoms with Gasteiger partial charge in [-0.1, -0.05) is 27.7 Å². The molecule has 1 fully saturated rings. The summed E-state index contributed by atoms with van der Waals surface area (Å²) in [6.45, 7) is 10.1. The highest BCUT2D eigenvalue weighted by atomic mass is 16.4. The molecular formula is C14H26N2O3. The number of amides is 2. The quantitative estimate of drug-likeness (QED) is 0.621. The molecule has 2 amide bonds. The van der Waals surface area contributed by atoms with Crippen molar-refractivity contribution >= 4 is 12.0 Å². The average Bonchev–Trinajstić information content (AvgIpc) is 2.66. The van der Waals surface area contributed by atoms with Gasteiger partial charge in [0.2, 0.25) is 0 Å². The van der Waals surface area contributed by atoms with E-state index in [9.17, 15) is 9.59 Å². The van der Waals surface area contributed by atoms with Crippen molar-refractivity contribution in [1.29, 1.82) is 0 Å². The molecule has 0 atom stereocenters. The Morgan fingerprint density at radius 3 is 2.11 bits per heavy atom. The number of aliphatic carboxylic acids is 1. The summed E-state index contributed by atoms with van der Waals surface area (Å²) in [5.41, 5.74) is 0.559. The van der Waals surface area contributed by atoms with Crippen LogP contribution in [0.3, 0.4) is 0 Å². The molecule has 1 rings (SSSR count). The summed E-state index contributed by atoms with van der Waals surface area (Å²) in [4.78, 5) is 21.9. The van der Waals surface area contributed by atoms with Gasteiger partial charge in [-0.3, -0.25) is 4.79 Å². The predicted octanol–water partition coefficient (Wildman–Crippen LogP) is 2.22. The molecule has 1 saturated carbocycles. The minimum atomic E-state index is -0.789. The van der Waals surface area contributed by atoms with Gasteiger partial charge < -0.3 is 15.7 Å². The van der Waals surface area contributed by atoms with E-state index in [2.05, 4.69) is 38.3 Å². The van der Waals surface area contributed by atoms with Crippen molar-refractivity contribution in [3.05, 3.63) is 0 Å². The van der Waals surface area contributed by atoms with Gasteiger partial charge >= 0.3 is 12.0 Å². The Labute approximate surface area is 115 Å². The van der Waals surface area contributed by atoms with Crippen LogP contribution in [0.15, 0.2) is 0 Å². The summed E-state index contributed by atoms with van der Waals surface area (Å²) in [6.07, 6.45) is 1.45. The van der Waals surface area contributed by atoms with Gasteiger partial charge in [-0.15, -0.1) is 0 Å². The summed E-state index contributed by atoms with van der Waals surface area (Å²) in [6, 6.07) is -0.158. The first-order chi connectivity index (χ1) is 8.69. The Morgan fingerprint density at radius 1 is 1.05 bits per heavy atom. The zero-order valence-corrected chi connectivity index (χ0v) is 12.4. The van der Waals surface area contributed by atoms with E-state index in [4.69, 9.17) is 5.11 Å². The van der Waals surface area contributed by atoms with Crippen molar-refractivity contribution < 1.29 is 14.7 Å². The van der Waals surface area contributed by atoms with Crippen LogP contribution in [-0.4, -0.2) is 30.2 Å². The molecule has 110 valence electrons. The second kappa shape index (κ2) is 5.80. The van der Waals surface area contributed by atoms with Crippen LogP contribution in [0, 0.1) is 16.7 Å². The van der Waals surface area contributed by atoms with Gasteiger partial charge in [0.25, 0.3) is 0 Å². The van der Waals surface area contributed by atoms with E-state index in [1.807, 2.05) is 0 Å². The largest absolute Gasteiger partial charge is 0.481 e. The van der Waals surface area contributed by atoms with Crippen LogP contribution in [0.4, 0.5) is 4.79 Å². The fraction of sp³-hybridized carbons (Fsp3) is 0.857. The molecule has 0 radical (unpaired) electrons. The van der Waals surface area contributed by atoms with Gasteiger partial charge in [0.15, 0.2) is 0 Å². The molecule has 0 aromatic rings. The third kappa shape index (κ3) is 3.85. The first-order valence-electron chi connectivity index (χ1n) is 6.93. The van der Waals surface area contributed by atoms with Crippen molar-refractivity contribution in [1.82, 2.24) is 10.6 Å². The topological polar surface area (TPSA) is 78.4 Å². The third-order valence-corrected chi connectivity index (χ3v) is 4.89. The Balaban J connectivity index is 2.08. The van der Waals surface area contributed by atoms with E-state index in [-0.39, 0.29) is 23.3 Å². The second-order valence-electron chi connectivity index (χ2n) is 6.48. The van der Waals surface area contributed by atoms with Crippen LogP contribution in [0.1, 0.15) is 47.0 Å². The molecule has 0 aromatic heterocycles. The molecule has 0 heterocycles. The molecule has 0 aliphatic heterocycles. The number of hydrogen-bond acceptors (Lipinski definition) is 2. The number of carbonyl (C=O) groups is 2. The fourth-order valence-electron chi connectivity index (χ4n) is 2.70. The minimum Gasteiger partial charge on any atom is -0.481 e. The molecular weight excluding hydrogens is 244 g/mol. The number of carbonyl (C=O) groups excluding carboxylic acids is 1. The maximum atomic E-state index is 11.6. The van der Waals surface area contributed by atoms with E-state index < -0.39 is 5.97 Å². The molecule has 3 N–H and O–H groups in total. The molecule has 1 aliphatic carbocycles. The fourth-order valence-corrected chi connectivity index (χ4v) is 2.70. The van der Waals surface area contributed by atoms with Crippen LogP contribution in [0.25, 0.3) is 0 Å². The molecule has 0 spiro atoms. The third-order valence-electron chi connectivity index (χ3n) is 4.89. The summed E-state index contributed by atoms with van der Waals surface area (Å²) < 4.78 is 0. The van der Waals surface area contributed by atoms with Crippen molar-refractivity contribution in [2.45, 2.75) is 47.0 Å². The van der Waals surface area contributed by atoms with E-state index >= 15 is 0 Å². The number of nitrogens with one attached hydrogen (secondary N) is 2. The molecule has 5 nitrogen and oxygen atoms in total. The lowest BCUT2D eigenvalue weighted by molar-refractivity contribution is -0.137. The van der Waals surface area contributed by atoms with Gasteiger partial charge in [-0.25, -0.2) is 4.79 Å². The monoisotopic (exact) mass is 270 g/mol. The summed E-state index contributed by atoms with van der Waals surface area (Å²) >= 11 is 0. The Kier molecular flexibility index (Phi) is 4.82. The van der Waals surface area contributed by atoms with Gasteiger partial charge in [0, 0.05) is 19.5 Å². The summed E-state index contributed by atoms with van der Waals surface area (Å²) in [7, 11) is 0. The Bertz CT molecular complexity index is 337. The highest BCUT2D eigenvalue weighted by Crippen LogP contribution is 2.67. The zero-order valence-electron chi connectivity index (χ0n) is 12.4. The van der Waals surface area contributed by atoms with Crippen LogP contribution in [0.2, 0.25) is 0 Å². The molecule has 0 bridgehead atoms. The highest BCUT2D eigenvalue weighted by Gasteiger charge is 2.64. The lowest BCUT2D eigenvalue weighted by Crippen LogP contribution is -2.37. The maximum absolute atomic E-state index is 11.6. The van der Waals surface area contributed by atoms with Crippen molar-refractivity contribution in [3.8, 4) is 0 Å². The first kappa shape index (κ1) is 15.8. The highest BCUT2D eigenvalue weighted by molar-refractivity contribution is 5.73. The van der Waals surface area contributed by atoms with Crippen LogP contribution < -0.4 is 10.6 Å². The minimum absolute atomic E-state index is 0.158. The van der Waals surface area contributed by atoms with E-state index in [1.165, 1.54) is 0 Å². The molecule has 0 unspecified atom stereocenters. The van der Waals surface area contributed by atoms with Gasteiger partial charge in [0.05, 0.1) is 0 Å². The normalized spacial score (nSPS) is 19.8. The second-order valence-corrected chi connectivity index (χ2v) is 6.48. The summed E-state index contributed by atoms with van der Waals surface area (Å²) in [5, 5.41) is 14.1. The summed E-state index contributed by atoms with van der Waals surface area (Å²) in [5.74, 6) is -0.277. The molecule has 1 aliphatic rings. The average molecular weight is 270 g/mol.